The summed E-state index contributed by atoms with van der Waals surface area (Å²) in [7, 11) is 0. The highest BCUT2D eigenvalue weighted by molar-refractivity contribution is 5.96. The minimum absolute atomic E-state index is 0.101. The van der Waals surface area contributed by atoms with Crippen molar-refractivity contribution in [1.29, 1.82) is 0 Å². The average molecular weight is 339 g/mol. The highest BCUT2D eigenvalue weighted by Gasteiger charge is 2.06. The quantitative estimate of drug-likeness (QED) is 0.723. The molecule has 0 radical (unpaired) electrons. The lowest BCUT2D eigenvalue weighted by Crippen LogP contribution is -2.24. The minimum Gasteiger partial charge on any atom is -0.376 e. The minimum atomic E-state index is -0.138. The molecule has 5 heteroatoms. The molecule has 2 aromatic rings. The fraction of sp³-hybridized carbons (Fsp3) is 0.300. The largest absolute Gasteiger partial charge is 0.376 e. The van der Waals surface area contributed by atoms with E-state index in [-0.39, 0.29) is 18.4 Å². The van der Waals surface area contributed by atoms with Gasteiger partial charge in [0.05, 0.1) is 6.54 Å². The van der Waals surface area contributed by atoms with Gasteiger partial charge in [0.15, 0.2) is 0 Å². The van der Waals surface area contributed by atoms with E-state index in [1.54, 1.807) is 24.3 Å². The first-order valence-corrected chi connectivity index (χ1v) is 8.49. The maximum absolute atomic E-state index is 12.0. The summed E-state index contributed by atoms with van der Waals surface area (Å²) in [6.07, 6.45) is 0.896. The van der Waals surface area contributed by atoms with Crippen LogP contribution in [0.5, 0.6) is 0 Å². The number of nitrogens with one attached hydrogen (secondary N) is 3. The van der Waals surface area contributed by atoms with Crippen LogP contribution in [0.1, 0.15) is 34.8 Å². The number of rotatable bonds is 7. The Balaban J connectivity index is 1.85. The number of hydrogen-bond donors (Lipinski definition) is 3. The topological polar surface area (TPSA) is 70.2 Å². The van der Waals surface area contributed by atoms with Gasteiger partial charge in [-0.2, -0.15) is 0 Å². The van der Waals surface area contributed by atoms with E-state index in [9.17, 15) is 9.59 Å². The van der Waals surface area contributed by atoms with Gasteiger partial charge in [-0.25, -0.2) is 0 Å². The van der Waals surface area contributed by atoms with Crippen LogP contribution in [0.2, 0.25) is 0 Å². The van der Waals surface area contributed by atoms with E-state index in [1.807, 2.05) is 32.0 Å². The van der Waals surface area contributed by atoms with Crippen LogP contribution in [0.25, 0.3) is 0 Å². The zero-order valence-electron chi connectivity index (χ0n) is 15.0. The number of benzene rings is 2. The Labute approximate surface area is 148 Å². The molecule has 0 saturated carbocycles. The van der Waals surface area contributed by atoms with Crippen LogP contribution in [0.15, 0.2) is 42.5 Å². The number of carbonyl (C=O) groups excluding carboxylic acids is 2. The van der Waals surface area contributed by atoms with Gasteiger partial charge in [-0.05, 0) is 67.8 Å². The third-order valence-corrected chi connectivity index (χ3v) is 3.93. The molecule has 0 aromatic heterocycles. The Morgan fingerprint density at radius 2 is 1.60 bits per heavy atom. The van der Waals surface area contributed by atoms with Crippen molar-refractivity contribution in [2.24, 2.45) is 0 Å². The Morgan fingerprint density at radius 1 is 0.920 bits per heavy atom. The fourth-order valence-corrected chi connectivity index (χ4v) is 2.28. The van der Waals surface area contributed by atoms with E-state index in [1.165, 1.54) is 11.1 Å². The Kier molecular flexibility index (Phi) is 6.57. The van der Waals surface area contributed by atoms with Crippen molar-refractivity contribution in [3.8, 4) is 0 Å². The Morgan fingerprint density at radius 3 is 2.24 bits per heavy atom. The molecule has 2 rings (SSSR count). The van der Waals surface area contributed by atoms with Gasteiger partial charge in [-0.3, -0.25) is 9.59 Å². The molecule has 132 valence electrons. The van der Waals surface area contributed by atoms with Crippen molar-refractivity contribution >= 4 is 23.2 Å². The third-order valence-electron chi connectivity index (χ3n) is 3.93. The van der Waals surface area contributed by atoms with E-state index >= 15 is 0 Å². The second-order valence-electron chi connectivity index (χ2n) is 6.03. The first-order valence-electron chi connectivity index (χ1n) is 8.49. The number of carbonyl (C=O) groups is 2. The number of anilines is 2. The summed E-state index contributed by atoms with van der Waals surface area (Å²) in [4.78, 5) is 23.9. The lowest BCUT2D eigenvalue weighted by atomic mass is 10.1. The molecule has 0 aliphatic heterocycles. The maximum Gasteiger partial charge on any atom is 0.251 e. The van der Waals surface area contributed by atoms with Crippen LogP contribution in [-0.2, 0) is 4.79 Å². The molecular formula is C20H25N3O2. The molecule has 0 fully saturated rings. The van der Waals surface area contributed by atoms with Gasteiger partial charge in [0, 0.05) is 23.5 Å². The molecule has 0 aliphatic rings. The second kappa shape index (κ2) is 8.87. The van der Waals surface area contributed by atoms with Gasteiger partial charge in [-0.15, -0.1) is 0 Å². The van der Waals surface area contributed by atoms with Crippen LogP contribution >= 0.6 is 0 Å². The SMILES string of the molecule is CCCNC(=O)c1ccc(NC(=O)CNc2ccc(C)c(C)c2)cc1. The Hall–Kier alpha value is -2.82. The van der Waals surface area contributed by atoms with Gasteiger partial charge >= 0.3 is 0 Å². The predicted molar refractivity (Wildman–Crippen MR) is 102 cm³/mol. The van der Waals surface area contributed by atoms with Crippen molar-refractivity contribution < 1.29 is 9.59 Å². The smallest absolute Gasteiger partial charge is 0.251 e. The Bertz CT molecular complexity index is 739. The molecule has 0 heterocycles. The normalized spacial score (nSPS) is 10.2. The molecule has 0 saturated heterocycles. The molecule has 5 nitrogen and oxygen atoms in total. The summed E-state index contributed by atoms with van der Waals surface area (Å²) < 4.78 is 0. The van der Waals surface area contributed by atoms with E-state index in [2.05, 4.69) is 22.9 Å². The summed E-state index contributed by atoms with van der Waals surface area (Å²) in [6, 6.07) is 12.9. The number of amides is 2. The van der Waals surface area contributed by atoms with Crippen LogP contribution in [0, 0.1) is 13.8 Å². The van der Waals surface area contributed by atoms with E-state index < -0.39 is 0 Å². The lowest BCUT2D eigenvalue weighted by molar-refractivity contribution is -0.114. The molecule has 2 aromatic carbocycles. The summed E-state index contributed by atoms with van der Waals surface area (Å²) in [6.45, 7) is 6.93. The van der Waals surface area contributed by atoms with E-state index in [4.69, 9.17) is 0 Å². The molecule has 0 atom stereocenters. The summed E-state index contributed by atoms with van der Waals surface area (Å²) >= 11 is 0. The van der Waals surface area contributed by atoms with Gasteiger partial charge < -0.3 is 16.0 Å². The molecule has 0 aliphatic carbocycles. The van der Waals surface area contributed by atoms with Crippen LogP contribution in [-0.4, -0.2) is 24.9 Å². The van der Waals surface area contributed by atoms with Crippen molar-refractivity contribution in [3.63, 3.8) is 0 Å². The monoisotopic (exact) mass is 339 g/mol. The van der Waals surface area contributed by atoms with Gasteiger partial charge in [-0.1, -0.05) is 13.0 Å². The molecule has 2 amide bonds. The maximum atomic E-state index is 12.0. The average Bonchev–Trinajstić information content (AvgIpc) is 2.61. The summed E-state index contributed by atoms with van der Waals surface area (Å²) in [5.41, 5.74) is 4.57. The molecular weight excluding hydrogens is 314 g/mol. The highest BCUT2D eigenvalue weighted by Crippen LogP contribution is 2.14. The van der Waals surface area contributed by atoms with E-state index in [0.29, 0.717) is 17.8 Å². The van der Waals surface area contributed by atoms with Gasteiger partial charge in [0.1, 0.15) is 0 Å². The predicted octanol–water partition coefficient (Wildman–Crippen LogP) is 3.49. The number of hydrogen-bond acceptors (Lipinski definition) is 3. The fourth-order valence-electron chi connectivity index (χ4n) is 2.28. The molecule has 3 N–H and O–H groups in total. The van der Waals surface area contributed by atoms with Gasteiger partial charge in [0.25, 0.3) is 5.91 Å². The van der Waals surface area contributed by atoms with Crippen LogP contribution in [0.4, 0.5) is 11.4 Å². The first kappa shape index (κ1) is 18.5. The molecule has 0 spiro atoms. The molecule has 0 bridgehead atoms. The zero-order chi connectivity index (χ0) is 18.2. The van der Waals surface area contributed by atoms with Gasteiger partial charge in [0.2, 0.25) is 5.91 Å². The second-order valence-corrected chi connectivity index (χ2v) is 6.03. The molecule has 25 heavy (non-hydrogen) atoms. The highest BCUT2D eigenvalue weighted by atomic mass is 16.2. The third kappa shape index (κ3) is 5.64. The van der Waals surface area contributed by atoms with Crippen molar-refractivity contribution in [2.75, 3.05) is 23.7 Å². The first-order chi connectivity index (χ1) is 12.0. The lowest BCUT2D eigenvalue weighted by Gasteiger charge is -2.10. The van der Waals surface area contributed by atoms with Crippen LogP contribution < -0.4 is 16.0 Å². The zero-order valence-corrected chi connectivity index (χ0v) is 15.0. The summed E-state index contributed by atoms with van der Waals surface area (Å²) in [5.74, 6) is -0.238. The number of aryl methyl sites for hydroxylation is 2. The summed E-state index contributed by atoms with van der Waals surface area (Å²) in [5, 5.41) is 8.74. The van der Waals surface area contributed by atoms with Crippen molar-refractivity contribution in [2.45, 2.75) is 27.2 Å². The van der Waals surface area contributed by atoms with Crippen LogP contribution in [0.3, 0.4) is 0 Å². The van der Waals surface area contributed by atoms with Crippen molar-refractivity contribution in [3.05, 3.63) is 59.2 Å². The molecule has 0 unspecified atom stereocenters. The van der Waals surface area contributed by atoms with Crippen molar-refractivity contribution in [1.82, 2.24) is 5.32 Å². The van der Waals surface area contributed by atoms with E-state index in [0.717, 1.165) is 12.1 Å². The standard InChI is InChI=1S/C20H25N3O2/c1-4-11-21-20(25)16-6-9-17(10-7-16)23-19(24)13-22-18-8-5-14(2)15(3)12-18/h5-10,12,22H,4,11,13H2,1-3H3,(H,21,25)(H,23,24).